The summed E-state index contributed by atoms with van der Waals surface area (Å²) < 4.78 is 0. The number of fused-ring (bicyclic) bond motifs is 1. The van der Waals surface area contributed by atoms with Crippen LogP contribution in [0.2, 0.25) is 0 Å². The number of carboxylic acids is 2. The Balaban J connectivity index is 0.000000196. The van der Waals surface area contributed by atoms with Crippen molar-refractivity contribution in [3.8, 4) is 0 Å². The fraction of sp³-hybridized carbons (Fsp3) is 0.111. The molecular formula is C18H19N3O4. The van der Waals surface area contributed by atoms with E-state index in [1.165, 1.54) is 6.07 Å². The molecule has 0 amide bonds. The van der Waals surface area contributed by atoms with Gasteiger partial charge in [0.1, 0.15) is 6.04 Å². The van der Waals surface area contributed by atoms with Crippen LogP contribution in [-0.4, -0.2) is 33.2 Å². The van der Waals surface area contributed by atoms with Gasteiger partial charge >= 0.3 is 11.9 Å². The summed E-state index contributed by atoms with van der Waals surface area (Å²) in [6.07, 6.45) is 2.16. The van der Waals surface area contributed by atoms with Gasteiger partial charge in [0, 0.05) is 29.2 Å². The van der Waals surface area contributed by atoms with Crippen LogP contribution in [0.15, 0.2) is 54.7 Å². The first-order valence-corrected chi connectivity index (χ1v) is 7.51. The number of aliphatic carboxylic acids is 1. The standard InChI is InChI=1S/C11H12N2O2.C7H7NO2/c12-9(11(14)15)5-7-6-13-10-4-2-1-3-8(7)10;8-6-4-2-1-3-5(6)7(9)10/h1-4,6,9,13H,5,12H2,(H,14,15);1-4H,8H2,(H,9,10)/t9-;/m0./s1. The van der Waals surface area contributed by atoms with Crippen LogP contribution in [0.3, 0.4) is 0 Å². The summed E-state index contributed by atoms with van der Waals surface area (Å²) in [5.41, 5.74) is 13.2. The minimum Gasteiger partial charge on any atom is -0.480 e. The van der Waals surface area contributed by atoms with Gasteiger partial charge in [-0.05, 0) is 23.8 Å². The maximum atomic E-state index is 10.6. The summed E-state index contributed by atoms with van der Waals surface area (Å²) in [5, 5.41) is 18.2. The molecule has 0 radical (unpaired) electrons. The summed E-state index contributed by atoms with van der Waals surface area (Å²) in [5.74, 6) is -1.96. The van der Waals surface area contributed by atoms with Crippen LogP contribution in [0.1, 0.15) is 15.9 Å². The lowest BCUT2D eigenvalue weighted by Crippen LogP contribution is -2.32. The predicted molar refractivity (Wildman–Crippen MR) is 95.4 cm³/mol. The Hall–Kier alpha value is -3.32. The van der Waals surface area contributed by atoms with Crippen LogP contribution >= 0.6 is 0 Å². The van der Waals surface area contributed by atoms with Gasteiger partial charge in [0.05, 0.1) is 5.56 Å². The van der Waals surface area contributed by atoms with E-state index >= 15 is 0 Å². The molecule has 3 aromatic rings. The lowest BCUT2D eigenvalue weighted by atomic mass is 10.1. The van der Waals surface area contributed by atoms with Crippen LogP contribution in [0, 0.1) is 0 Å². The molecule has 0 aliphatic heterocycles. The van der Waals surface area contributed by atoms with Gasteiger partial charge in [-0.3, -0.25) is 4.79 Å². The minimum absolute atomic E-state index is 0.155. The first kappa shape index (κ1) is 18.0. The smallest absolute Gasteiger partial charge is 0.337 e. The Bertz CT molecular complexity index is 889. The third-order valence-corrected chi connectivity index (χ3v) is 3.62. The molecule has 1 aromatic heterocycles. The number of benzene rings is 2. The van der Waals surface area contributed by atoms with Crippen LogP contribution < -0.4 is 11.5 Å². The molecule has 0 aliphatic rings. The highest BCUT2D eigenvalue weighted by Crippen LogP contribution is 2.18. The lowest BCUT2D eigenvalue weighted by molar-refractivity contribution is -0.138. The molecule has 7 N–H and O–H groups in total. The lowest BCUT2D eigenvalue weighted by Gasteiger charge is -2.04. The van der Waals surface area contributed by atoms with Crippen LogP contribution in [-0.2, 0) is 11.2 Å². The Morgan fingerprint density at radius 1 is 1.04 bits per heavy atom. The average molecular weight is 341 g/mol. The highest BCUT2D eigenvalue weighted by atomic mass is 16.4. The van der Waals surface area contributed by atoms with E-state index in [2.05, 4.69) is 4.98 Å². The van der Waals surface area contributed by atoms with Crippen molar-refractivity contribution >= 4 is 28.5 Å². The molecule has 7 heteroatoms. The van der Waals surface area contributed by atoms with Crippen molar-refractivity contribution in [1.29, 1.82) is 0 Å². The fourth-order valence-corrected chi connectivity index (χ4v) is 2.32. The third-order valence-electron chi connectivity index (χ3n) is 3.62. The number of carbonyl (C=O) groups is 2. The SMILES string of the molecule is N[C@@H](Cc1c[nH]c2ccccc12)C(=O)O.Nc1ccccc1C(=O)O. The molecule has 0 fully saturated rings. The second-order valence-corrected chi connectivity index (χ2v) is 5.40. The van der Waals surface area contributed by atoms with Gasteiger partial charge < -0.3 is 26.7 Å². The zero-order valence-electron chi connectivity index (χ0n) is 13.3. The number of carboxylic acid groups (broad SMARTS) is 2. The molecule has 1 atom stereocenters. The highest BCUT2D eigenvalue weighted by molar-refractivity contribution is 5.93. The summed E-state index contributed by atoms with van der Waals surface area (Å²) in [6.45, 7) is 0. The topological polar surface area (TPSA) is 142 Å². The highest BCUT2D eigenvalue weighted by Gasteiger charge is 2.14. The van der Waals surface area contributed by atoms with Crippen molar-refractivity contribution in [2.75, 3.05) is 5.73 Å². The van der Waals surface area contributed by atoms with Crippen LogP contribution in [0.25, 0.3) is 10.9 Å². The molecule has 7 nitrogen and oxygen atoms in total. The van der Waals surface area contributed by atoms with Gasteiger partial charge in [0.2, 0.25) is 0 Å². The summed E-state index contributed by atoms with van der Waals surface area (Å²) in [7, 11) is 0. The Morgan fingerprint density at radius 3 is 2.28 bits per heavy atom. The van der Waals surface area contributed by atoms with Gasteiger partial charge in [-0.25, -0.2) is 4.79 Å². The van der Waals surface area contributed by atoms with Crippen molar-refractivity contribution in [2.24, 2.45) is 5.73 Å². The molecule has 1 heterocycles. The molecule has 3 rings (SSSR count). The first-order valence-electron chi connectivity index (χ1n) is 7.51. The van der Waals surface area contributed by atoms with Gasteiger partial charge in [-0.15, -0.1) is 0 Å². The van der Waals surface area contributed by atoms with Crippen molar-refractivity contribution in [1.82, 2.24) is 4.98 Å². The van der Waals surface area contributed by atoms with Crippen molar-refractivity contribution in [3.63, 3.8) is 0 Å². The molecule has 0 saturated carbocycles. The van der Waals surface area contributed by atoms with Gasteiger partial charge in [-0.1, -0.05) is 30.3 Å². The van der Waals surface area contributed by atoms with E-state index in [1.54, 1.807) is 18.2 Å². The van der Waals surface area contributed by atoms with Crippen molar-refractivity contribution < 1.29 is 19.8 Å². The second-order valence-electron chi connectivity index (χ2n) is 5.40. The Kier molecular flexibility index (Phi) is 5.75. The quantitative estimate of drug-likeness (QED) is 0.460. The van der Waals surface area contributed by atoms with Crippen LogP contribution in [0.4, 0.5) is 5.69 Å². The van der Waals surface area contributed by atoms with Gasteiger partial charge in [0.15, 0.2) is 0 Å². The number of nitrogens with two attached hydrogens (primary N) is 2. The summed E-state index contributed by atoms with van der Waals surface area (Å²) >= 11 is 0. The zero-order valence-corrected chi connectivity index (χ0v) is 13.3. The molecule has 130 valence electrons. The first-order chi connectivity index (χ1) is 11.9. The number of rotatable bonds is 4. The monoisotopic (exact) mass is 341 g/mol. The molecular weight excluding hydrogens is 322 g/mol. The zero-order chi connectivity index (χ0) is 18.4. The Morgan fingerprint density at radius 2 is 1.68 bits per heavy atom. The van der Waals surface area contributed by atoms with Gasteiger partial charge in [-0.2, -0.15) is 0 Å². The van der Waals surface area contributed by atoms with E-state index in [4.69, 9.17) is 21.7 Å². The fourth-order valence-electron chi connectivity index (χ4n) is 2.32. The van der Waals surface area contributed by atoms with E-state index in [-0.39, 0.29) is 5.56 Å². The number of aromatic amines is 1. The molecule has 0 aliphatic carbocycles. The minimum atomic E-state index is -0.988. The number of nitrogen functional groups attached to an aromatic ring is 1. The number of hydrogen-bond donors (Lipinski definition) is 5. The molecule has 25 heavy (non-hydrogen) atoms. The maximum Gasteiger partial charge on any atom is 0.337 e. The molecule has 0 saturated heterocycles. The molecule has 0 bridgehead atoms. The summed E-state index contributed by atoms with van der Waals surface area (Å²) in [4.78, 5) is 24.1. The van der Waals surface area contributed by atoms with E-state index < -0.39 is 18.0 Å². The average Bonchev–Trinajstić information content (AvgIpc) is 2.99. The van der Waals surface area contributed by atoms with E-state index in [9.17, 15) is 9.59 Å². The maximum absolute atomic E-state index is 10.6. The second kappa shape index (κ2) is 7.98. The predicted octanol–water partition coefficient (Wildman–Crippen LogP) is 2.09. The third kappa shape index (κ3) is 4.58. The molecule has 2 aromatic carbocycles. The van der Waals surface area contributed by atoms with E-state index in [0.717, 1.165) is 16.5 Å². The Labute approximate surface area is 143 Å². The number of H-pyrrole nitrogens is 1. The number of aromatic carboxylic acids is 1. The number of para-hydroxylation sites is 2. The van der Waals surface area contributed by atoms with Crippen molar-refractivity contribution in [3.05, 3.63) is 65.9 Å². The van der Waals surface area contributed by atoms with E-state index in [0.29, 0.717) is 12.1 Å². The number of hydrogen-bond acceptors (Lipinski definition) is 4. The summed E-state index contributed by atoms with van der Waals surface area (Å²) in [6, 6.07) is 13.3. The van der Waals surface area contributed by atoms with Gasteiger partial charge in [0.25, 0.3) is 0 Å². The largest absolute Gasteiger partial charge is 0.480 e. The van der Waals surface area contributed by atoms with Crippen molar-refractivity contribution in [2.45, 2.75) is 12.5 Å². The molecule has 0 spiro atoms. The van der Waals surface area contributed by atoms with E-state index in [1.807, 2.05) is 30.5 Å². The number of aromatic nitrogens is 1. The van der Waals surface area contributed by atoms with Crippen LogP contribution in [0.5, 0.6) is 0 Å². The number of nitrogens with one attached hydrogen (secondary N) is 1. The number of anilines is 1. The normalized spacial score (nSPS) is 11.4. The molecule has 0 unspecified atom stereocenters.